The monoisotopic (exact) mass is 454 g/mol. The molecular formula is C25H31ClN4O2. The Bertz CT molecular complexity index is 992. The minimum atomic E-state index is 0.0893. The summed E-state index contributed by atoms with van der Waals surface area (Å²) in [4.78, 5) is 25.3. The lowest BCUT2D eigenvalue weighted by Crippen LogP contribution is -2.27. The normalized spacial score (nSPS) is 22.4. The molecule has 2 aromatic rings. The molecule has 3 heterocycles. The molecule has 1 spiro atoms. The molecule has 170 valence electrons. The molecule has 3 aliphatic rings. The number of ketones is 1. The molecule has 1 aliphatic carbocycles. The van der Waals surface area contributed by atoms with Crippen molar-refractivity contribution in [2.45, 2.75) is 58.0 Å². The molecule has 1 saturated carbocycles. The summed E-state index contributed by atoms with van der Waals surface area (Å²) in [5.41, 5.74) is 1.70. The highest BCUT2D eigenvalue weighted by Gasteiger charge is 2.48. The van der Waals surface area contributed by atoms with Gasteiger partial charge in [-0.25, -0.2) is 4.98 Å². The average molecular weight is 455 g/mol. The van der Waals surface area contributed by atoms with E-state index >= 15 is 0 Å². The number of Topliss-reactive ketones (excluding diaryl/α,β-unsaturated/α-hetero) is 1. The highest BCUT2D eigenvalue weighted by Crippen LogP contribution is 2.53. The third-order valence-corrected chi connectivity index (χ3v) is 7.45. The zero-order valence-electron chi connectivity index (χ0n) is 18.9. The van der Waals surface area contributed by atoms with E-state index in [0.717, 1.165) is 55.7 Å². The second-order valence-corrected chi connectivity index (χ2v) is 10.3. The number of nitrogens with zero attached hydrogens (tertiary/aromatic N) is 4. The summed E-state index contributed by atoms with van der Waals surface area (Å²) in [7, 11) is 0. The Hall–Kier alpha value is -2.34. The lowest BCUT2D eigenvalue weighted by Gasteiger charge is -2.22. The van der Waals surface area contributed by atoms with Gasteiger partial charge in [-0.1, -0.05) is 30.7 Å². The Balaban J connectivity index is 1.21. The van der Waals surface area contributed by atoms with E-state index in [9.17, 15) is 4.79 Å². The minimum absolute atomic E-state index is 0.0893. The molecule has 0 N–H and O–H groups in total. The van der Waals surface area contributed by atoms with Crippen LogP contribution in [0, 0.1) is 5.41 Å². The number of benzene rings is 1. The van der Waals surface area contributed by atoms with Crippen molar-refractivity contribution in [1.82, 2.24) is 9.97 Å². The van der Waals surface area contributed by atoms with Crippen molar-refractivity contribution in [2.75, 3.05) is 36.0 Å². The fraction of sp³-hybridized carbons (Fsp3) is 0.560. The van der Waals surface area contributed by atoms with E-state index in [1.165, 1.54) is 19.3 Å². The third-order valence-electron chi connectivity index (χ3n) is 7.18. The summed E-state index contributed by atoms with van der Waals surface area (Å²) in [5.74, 6) is 2.91. The van der Waals surface area contributed by atoms with E-state index in [-0.39, 0.29) is 17.8 Å². The second-order valence-electron chi connectivity index (χ2n) is 9.86. The van der Waals surface area contributed by atoms with Gasteiger partial charge in [0.2, 0.25) is 5.95 Å². The second kappa shape index (κ2) is 8.54. The molecule has 5 rings (SSSR count). The lowest BCUT2D eigenvalue weighted by molar-refractivity contribution is -0.117. The molecule has 3 fully saturated rings. The topological polar surface area (TPSA) is 58.6 Å². The molecule has 32 heavy (non-hydrogen) atoms. The van der Waals surface area contributed by atoms with Crippen molar-refractivity contribution in [3.8, 4) is 5.75 Å². The molecular weight excluding hydrogens is 424 g/mol. The number of halogens is 1. The Morgan fingerprint density at radius 3 is 2.69 bits per heavy atom. The first-order chi connectivity index (χ1) is 15.4. The van der Waals surface area contributed by atoms with Gasteiger partial charge in [0.1, 0.15) is 22.7 Å². The van der Waals surface area contributed by atoms with E-state index < -0.39 is 0 Å². The van der Waals surface area contributed by atoms with Crippen LogP contribution in [0.25, 0.3) is 0 Å². The summed E-state index contributed by atoms with van der Waals surface area (Å²) in [6.45, 7) is 7.44. The van der Waals surface area contributed by atoms with Gasteiger partial charge >= 0.3 is 0 Å². The van der Waals surface area contributed by atoms with E-state index in [1.54, 1.807) is 13.1 Å². The van der Waals surface area contributed by atoms with Gasteiger partial charge in [-0.2, -0.15) is 4.98 Å². The van der Waals surface area contributed by atoms with Crippen LogP contribution in [-0.2, 0) is 4.79 Å². The number of carbonyl (C=O) groups excluding carboxylic acids is 1. The molecule has 2 saturated heterocycles. The van der Waals surface area contributed by atoms with E-state index in [4.69, 9.17) is 21.3 Å². The lowest BCUT2D eigenvalue weighted by atomic mass is 9.96. The van der Waals surface area contributed by atoms with E-state index in [1.807, 2.05) is 12.1 Å². The number of carbonyl (C=O) groups is 1. The maximum absolute atomic E-state index is 11.4. The number of rotatable bonds is 7. The first-order valence-electron chi connectivity index (χ1n) is 11.7. The molecule has 0 radical (unpaired) electrons. The molecule has 2 atom stereocenters. The predicted molar refractivity (Wildman–Crippen MR) is 127 cm³/mol. The summed E-state index contributed by atoms with van der Waals surface area (Å²) < 4.78 is 6.24. The largest absolute Gasteiger partial charge is 0.489 e. The van der Waals surface area contributed by atoms with Crippen LogP contribution in [0.3, 0.4) is 0 Å². The van der Waals surface area contributed by atoms with E-state index in [0.29, 0.717) is 16.9 Å². The molecule has 0 bridgehead atoms. The van der Waals surface area contributed by atoms with Crippen LogP contribution in [0.5, 0.6) is 5.75 Å². The number of hydrogen-bond acceptors (Lipinski definition) is 6. The fourth-order valence-corrected chi connectivity index (χ4v) is 5.26. The van der Waals surface area contributed by atoms with Gasteiger partial charge in [0.25, 0.3) is 0 Å². The van der Waals surface area contributed by atoms with Gasteiger partial charge < -0.3 is 19.3 Å². The Morgan fingerprint density at radius 1 is 1.22 bits per heavy atom. The molecule has 0 unspecified atom stereocenters. The molecule has 7 heteroatoms. The molecule has 1 aromatic heterocycles. The van der Waals surface area contributed by atoms with Crippen LogP contribution >= 0.6 is 11.6 Å². The van der Waals surface area contributed by atoms with Crippen molar-refractivity contribution < 1.29 is 9.53 Å². The SMILES string of the molecule is CC(=O)C[C@@H](C)c1ccc(O[C@@H]2CCN(c3nc(N4CCC5(CC5)C4)ncc3Cl)C2)cc1. The van der Waals surface area contributed by atoms with Crippen LogP contribution in [0.1, 0.15) is 57.4 Å². The summed E-state index contributed by atoms with van der Waals surface area (Å²) in [6.07, 6.45) is 7.25. The summed E-state index contributed by atoms with van der Waals surface area (Å²) >= 11 is 6.49. The van der Waals surface area contributed by atoms with Gasteiger partial charge in [0, 0.05) is 32.5 Å². The summed E-state index contributed by atoms with van der Waals surface area (Å²) in [6, 6.07) is 8.13. The van der Waals surface area contributed by atoms with Gasteiger partial charge in [0.05, 0.1) is 12.7 Å². The predicted octanol–water partition coefficient (Wildman–Crippen LogP) is 4.86. The minimum Gasteiger partial charge on any atom is -0.489 e. The maximum atomic E-state index is 11.4. The highest BCUT2D eigenvalue weighted by atomic mass is 35.5. The van der Waals surface area contributed by atoms with Crippen LogP contribution in [-0.4, -0.2) is 48.0 Å². The molecule has 0 amide bonds. The van der Waals surface area contributed by atoms with Crippen molar-refractivity contribution in [3.05, 3.63) is 41.0 Å². The average Bonchev–Trinajstić information content (AvgIpc) is 3.16. The van der Waals surface area contributed by atoms with Crippen molar-refractivity contribution in [1.29, 1.82) is 0 Å². The number of anilines is 2. The van der Waals surface area contributed by atoms with Gasteiger partial charge in [-0.05, 0) is 55.2 Å². The summed E-state index contributed by atoms with van der Waals surface area (Å²) in [5, 5.41) is 0.596. The Labute approximate surface area is 194 Å². The van der Waals surface area contributed by atoms with Crippen LogP contribution in [0.15, 0.2) is 30.5 Å². The Kier molecular flexibility index (Phi) is 5.74. The van der Waals surface area contributed by atoms with Gasteiger partial charge in [0.15, 0.2) is 5.82 Å². The van der Waals surface area contributed by atoms with Crippen LogP contribution in [0.4, 0.5) is 11.8 Å². The zero-order chi connectivity index (χ0) is 22.3. The van der Waals surface area contributed by atoms with E-state index in [2.05, 4.69) is 33.8 Å². The fourth-order valence-electron chi connectivity index (χ4n) is 5.05. The quantitative estimate of drug-likeness (QED) is 0.595. The third kappa shape index (κ3) is 4.56. The van der Waals surface area contributed by atoms with Crippen molar-refractivity contribution >= 4 is 29.2 Å². The van der Waals surface area contributed by atoms with Crippen molar-refractivity contribution in [3.63, 3.8) is 0 Å². The number of ether oxygens (including phenoxy) is 1. The molecule has 2 aliphatic heterocycles. The number of aromatic nitrogens is 2. The van der Waals surface area contributed by atoms with Crippen LogP contribution in [0.2, 0.25) is 5.02 Å². The standard InChI is InChI=1S/C25H31ClN4O2/c1-17(13-18(2)31)19-3-5-20(6-4-19)32-21-7-11-29(15-21)23-22(26)14-27-24(28-23)30-12-10-25(16-30)8-9-25/h3-6,14,17,21H,7-13,15-16H2,1-2H3/t17-,21-/m1/s1. The maximum Gasteiger partial charge on any atom is 0.227 e. The highest BCUT2D eigenvalue weighted by molar-refractivity contribution is 6.32. The van der Waals surface area contributed by atoms with Crippen molar-refractivity contribution in [2.24, 2.45) is 5.41 Å². The zero-order valence-corrected chi connectivity index (χ0v) is 19.6. The smallest absolute Gasteiger partial charge is 0.227 e. The first kappa shape index (κ1) is 21.5. The van der Waals surface area contributed by atoms with Gasteiger partial charge in [-0.3, -0.25) is 0 Å². The molecule has 6 nitrogen and oxygen atoms in total. The van der Waals surface area contributed by atoms with Crippen LogP contribution < -0.4 is 14.5 Å². The Morgan fingerprint density at radius 2 is 2.00 bits per heavy atom. The molecule has 1 aromatic carbocycles. The van der Waals surface area contributed by atoms with Gasteiger partial charge in [-0.15, -0.1) is 0 Å². The number of hydrogen-bond donors (Lipinski definition) is 0. The first-order valence-corrected chi connectivity index (χ1v) is 12.1.